The number of benzene rings is 2. The van der Waals surface area contributed by atoms with Crippen molar-refractivity contribution in [2.45, 2.75) is 51.3 Å². The summed E-state index contributed by atoms with van der Waals surface area (Å²) in [5, 5.41) is 2.97. The molecule has 2 amide bonds. The van der Waals surface area contributed by atoms with Gasteiger partial charge in [0.1, 0.15) is 0 Å². The fourth-order valence-electron chi connectivity index (χ4n) is 3.87. The summed E-state index contributed by atoms with van der Waals surface area (Å²) in [6.07, 6.45) is 3.26. The Morgan fingerprint density at radius 2 is 1.76 bits per heavy atom. The summed E-state index contributed by atoms with van der Waals surface area (Å²) in [6.45, 7) is 7.58. The van der Waals surface area contributed by atoms with Crippen molar-refractivity contribution in [2.24, 2.45) is 5.92 Å². The van der Waals surface area contributed by atoms with Gasteiger partial charge in [-0.3, -0.25) is 14.3 Å². The van der Waals surface area contributed by atoms with Gasteiger partial charge in [-0.2, -0.15) is 0 Å². The molecule has 7 nitrogen and oxygen atoms in total. The van der Waals surface area contributed by atoms with Gasteiger partial charge in [-0.15, -0.1) is 0 Å². The molecule has 33 heavy (non-hydrogen) atoms. The van der Waals surface area contributed by atoms with Crippen LogP contribution in [0.25, 0.3) is 0 Å². The van der Waals surface area contributed by atoms with E-state index < -0.39 is 10.0 Å². The zero-order chi connectivity index (χ0) is 24.0. The lowest BCUT2D eigenvalue weighted by Gasteiger charge is -2.31. The molecule has 0 aromatic heterocycles. The molecule has 0 unspecified atom stereocenters. The number of hydrogen-bond acceptors (Lipinski definition) is 4. The molecule has 0 saturated carbocycles. The number of aryl methyl sites for hydroxylation is 2. The van der Waals surface area contributed by atoms with Crippen LogP contribution in [0.5, 0.6) is 0 Å². The Kier molecular flexibility index (Phi) is 8.13. The molecule has 3 rings (SSSR count). The molecule has 0 radical (unpaired) electrons. The first-order valence-electron chi connectivity index (χ1n) is 11.5. The van der Waals surface area contributed by atoms with Gasteiger partial charge in [-0.1, -0.05) is 25.5 Å². The highest BCUT2D eigenvalue weighted by Gasteiger charge is 2.28. The van der Waals surface area contributed by atoms with Crippen LogP contribution < -0.4 is 10.0 Å². The summed E-state index contributed by atoms with van der Waals surface area (Å²) >= 11 is 0. The highest BCUT2D eigenvalue weighted by Crippen LogP contribution is 2.23. The summed E-state index contributed by atoms with van der Waals surface area (Å²) in [4.78, 5) is 27.2. The minimum Gasteiger partial charge on any atom is -0.356 e. The standard InChI is InChI=1S/C25H33N3O4S/c1-4-5-13-26-24(29)20-11-14-28(15-12-20)25(30)21-7-6-8-22(17-21)27-33(31,32)23-10-9-18(2)19(3)16-23/h6-10,16-17,20,27H,4-5,11-15H2,1-3H3,(H,26,29). The number of nitrogens with one attached hydrogen (secondary N) is 2. The van der Waals surface area contributed by atoms with Gasteiger partial charge in [0, 0.05) is 36.8 Å². The first kappa shape index (κ1) is 24.8. The zero-order valence-corrected chi connectivity index (χ0v) is 20.4. The van der Waals surface area contributed by atoms with E-state index in [0.29, 0.717) is 43.7 Å². The molecule has 0 bridgehead atoms. The molecule has 2 aromatic carbocycles. The van der Waals surface area contributed by atoms with E-state index in [1.165, 1.54) is 0 Å². The molecule has 2 N–H and O–H groups in total. The van der Waals surface area contributed by atoms with Crippen LogP contribution in [-0.4, -0.2) is 44.8 Å². The van der Waals surface area contributed by atoms with E-state index in [0.717, 1.165) is 24.0 Å². The van der Waals surface area contributed by atoms with Crippen LogP contribution in [0.2, 0.25) is 0 Å². The average molecular weight is 472 g/mol. The van der Waals surface area contributed by atoms with Crippen molar-refractivity contribution in [3.63, 3.8) is 0 Å². The zero-order valence-electron chi connectivity index (χ0n) is 19.6. The summed E-state index contributed by atoms with van der Waals surface area (Å²) in [5.74, 6) is -0.160. The van der Waals surface area contributed by atoms with E-state index in [1.807, 2.05) is 13.8 Å². The number of rotatable bonds is 8. The van der Waals surface area contributed by atoms with Gasteiger partial charge in [0.15, 0.2) is 0 Å². The molecule has 1 fully saturated rings. The minimum absolute atomic E-state index is 0.0676. The molecule has 0 aliphatic carbocycles. The van der Waals surface area contributed by atoms with E-state index in [4.69, 9.17) is 0 Å². The molecule has 2 aromatic rings. The van der Waals surface area contributed by atoms with E-state index in [-0.39, 0.29) is 22.6 Å². The Balaban J connectivity index is 1.63. The largest absolute Gasteiger partial charge is 0.356 e. The van der Waals surface area contributed by atoms with Gasteiger partial charge in [0.05, 0.1) is 4.90 Å². The molecule has 1 heterocycles. The van der Waals surface area contributed by atoms with Gasteiger partial charge in [-0.05, 0) is 74.6 Å². The maximum Gasteiger partial charge on any atom is 0.261 e. The molecular formula is C25H33N3O4S. The quantitative estimate of drug-likeness (QED) is 0.571. The number of anilines is 1. The molecule has 8 heteroatoms. The number of likely N-dealkylation sites (tertiary alicyclic amines) is 1. The number of nitrogens with zero attached hydrogens (tertiary/aromatic N) is 1. The first-order chi connectivity index (χ1) is 15.7. The van der Waals surface area contributed by atoms with Gasteiger partial charge >= 0.3 is 0 Å². The average Bonchev–Trinajstić information content (AvgIpc) is 2.80. The van der Waals surface area contributed by atoms with Crippen molar-refractivity contribution < 1.29 is 18.0 Å². The maximum atomic E-state index is 13.0. The third-order valence-electron chi connectivity index (χ3n) is 6.13. The van der Waals surface area contributed by atoms with E-state index in [9.17, 15) is 18.0 Å². The molecule has 1 aliphatic rings. The molecule has 178 valence electrons. The maximum absolute atomic E-state index is 13.0. The number of unbranched alkanes of at least 4 members (excludes halogenated alkanes) is 1. The predicted molar refractivity (Wildman–Crippen MR) is 130 cm³/mol. The van der Waals surface area contributed by atoms with Crippen molar-refractivity contribution in [3.8, 4) is 0 Å². The summed E-state index contributed by atoms with van der Waals surface area (Å²) in [7, 11) is -3.77. The van der Waals surface area contributed by atoms with Crippen molar-refractivity contribution in [2.75, 3.05) is 24.4 Å². The highest BCUT2D eigenvalue weighted by atomic mass is 32.2. The van der Waals surface area contributed by atoms with Crippen molar-refractivity contribution in [1.82, 2.24) is 10.2 Å². The van der Waals surface area contributed by atoms with Crippen molar-refractivity contribution in [1.29, 1.82) is 0 Å². The minimum atomic E-state index is -3.77. The highest BCUT2D eigenvalue weighted by molar-refractivity contribution is 7.92. The first-order valence-corrected chi connectivity index (χ1v) is 13.0. The smallest absolute Gasteiger partial charge is 0.261 e. The molecule has 0 spiro atoms. The second kappa shape index (κ2) is 10.8. The van der Waals surface area contributed by atoms with Gasteiger partial charge in [0.2, 0.25) is 5.91 Å². The third kappa shape index (κ3) is 6.35. The van der Waals surface area contributed by atoms with E-state index >= 15 is 0 Å². The SMILES string of the molecule is CCCCNC(=O)C1CCN(C(=O)c2cccc(NS(=O)(=O)c3ccc(C)c(C)c3)c2)CC1. The van der Waals surface area contributed by atoms with Gasteiger partial charge < -0.3 is 10.2 Å². The Hall–Kier alpha value is -2.87. The van der Waals surface area contributed by atoms with Crippen LogP contribution in [0.1, 0.15) is 54.1 Å². The topological polar surface area (TPSA) is 95.6 Å². The normalized spacial score (nSPS) is 14.7. The lowest BCUT2D eigenvalue weighted by molar-refractivity contribution is -0.126. The van der Waals surface area contributed by atoms with E-state index in [1.54, 1.807) is 47.4 Å². The van der Waals surface area contributed by atoms with Gasteiger partial charge in [0.25, 0.3) is 15.9 Å². The summed E-state index contributed by atoms with van der Waals surface area (Å²) in [5.41, 5.74) is 2.67. The van der Waals surface area contributed by atoms with Crippen LogP contribution in [0.4, 0.5) is 5.69 Å². The Bertz CT molecular complexity index is 1110. The van der Waals surface area contributed by atoms with Crippen molar-refractivity contribution in [3.05, 3.63) is 59.2 Å². The fourth-order valence-corrected chi connectivity index (χ4v) is 5.01. The van der Waals surface area contributed by atoms with Crippen molar-refractivity contribution >= 4 is 27.5 Å². The molecule has 0 atom stereocenters. The van der Waals surface area contributed by atoms with Crippen LogP contribution >= 0.6 is 0 Å². The summed E-state index contributed by atoms with van der Waals surface area (Å²) in [6, 6.07) is 11.5. The fraction of sp³-hybridized carbons (Fsp3) is 0.440. The van der Waals surface area contributed by atoms with Crippen LogP contribution in [0.15, 0.2) is 47.4 Å². The van der Waals surface area contributed by atoms with Gasteiger partial charge in [-0.25, -0.2) is 8.42 Å². The second-order valence-corrected chi connectivity index (χ2v) is 10.3. The number of hydrogen-bond donors (Lipinski definition) is 2. The number of piperidine rings is 1. The Morgan fingerprint density at radius 3 is 2.42 bits per heavy atom. The van der Waals surface area contributed by atoms with Crippen LogP contribution in [0.3, 0.4) is 0 Å². The predicted octanol–water partition coefficient (Wildman–Crippen LogP) is 3.87. The number of carbonyl (C=O) groups excluding carboxylic acids is 2. The number of amides is 2. The van der Waals surface area contributed by atoms with Crippen LogP contribution in [-0.2, 0) is 14.8 Å². The Labute approximate surface area is 196 Å². The third-order valence-corrected chi connectivity index (χ3v) is 7.51. The molecule has 1 aliphatic heterocycles. The molecule has 1 saturated heterocycles. The lowest BCUT2D eigenvalue weighted by Crippen LogP contribution is -2.43. The second-order valence-electron chi connectivity index (χ2n) is 8.64. The molecular weight excluding hydrogens is 438 g/mol. The Morgan fingerprint density at radius 1 is 1.03 bits per heavy atom. The monoisotopic (exact) mass is 471 g/mol. The lowest BCUT2D eigenvalue weighted by atomic mass is 9.95. The van der Waals surface area contributed by atoms with Crippen LogP contribution in [0, 0.1) is 19.8 Å². The van der Waals surface area contributed by atoms with E-state index in [2.05, 4.69) is 17.0 Å². The number of sulfonamides is 1. The summed E-state index contributed by atoms with van der Waals surface area (Å²) < 4.78 is 28.2. The number of carbonyl (C=O) groups is 2.